The lowest BCUT2D eigenvalue weighted by Crippen LogP contribution is -2.18. The zero-order chi connectivity index (χ0) is 21.2. The van der Waals surface area contributed by atoms with E-state index in [0.29, 0.717) is 42.7 Å². The van der Waals surface area contributed by atoms with Crippen molar-refractivity contribution >= 4 is 118 Å². The van der Waals surface area contributed by atoms with E-state index in [9.17, 15) is 0 Å². The highest BCUT2D eigenvalue weighted by atomic mass is 32.1. The SMILES string of the molecule is CNCNc1c(S)c(S)c(NCNc2c(S)c(S)c(C)c(S)c2S)c(S)c1S. The van der Waals surface area contributed by atoms with Gasteiger partial charge < -0.3 is 21.3 Å². The molecule has 4 N–H and O–H groups in total. The van der Waals surface area contributed by atoms with Crippen molar-refractivity contribution in [3.05, 3.63) is 5.56 Å². The maximum absolute atomic E-state index is 4.60. The van der Waals surface area contributed by atoms with Gasteiger partial charge in [0.15, 0.2) is 0 Å². The molecule has 0 fully saturated rings. The number of nitrogens with one attached hydrogen (secondary N) is 4. The Morgan fingerprint density at radius 3 is 1.11 bits per heavy atom. The van der Waals surface area contributed by atoms with Gasteiger partial charge in [-0.2, -0.15) is 0 Å². The van der Waals surface area contributed by atoms with Crippen molar-refractivity contribution < 1.29 is 0 Å². The fourth-order valence-electron chi connectivity index (χ4n) is 2.41. The molecule has 154 valence electrons. The van der Waals surface area contributed by atoms with Crippen LogP contribution < -0.4 is 21.3 Å². The second-order valence-electron chi connectivity index (χ2n) is 5.78. The summed E-state index contributed by atoms with van der Waals surface area (Å²) in [6.07, 6.45) is 0. The molecule has 0 aliphatic carbocycles. The van der Waals surface area contributed by atoms with Gasteiger partial charge in [-0.25, -0.2) is 0 Å². The van der Waals surface area contributed by atoms with Crippen LogP contribution in [-0.4, -0.2) is 20.4 Å². The van der Waals surface area contributed by atoms with E-state index in [1.54, 1.807) is 0 Å². The van der Waals surface area contributed by atoms with Crippen LogP contribution in [0.15, 0.2) is 39.2 Å². The average Bonchev–Trinajstić information content (AvgIpc) is 2.68. The number of benzene rings is 2. The summed E-state index contributed by atoms with van der Waals surface area (Å²) < 4.78 is 0. The summed E-state index contributed by atoms with van der Waals surface area (Å²) in [5.74, 6) is 0. The van der Waals surface area contributed by atoms with Crippen molar-refractivity contribution in [2.24, 2.45) is 0 Å². The first kappa shape index (κ1) is 24.9. The summed E-state index contributed by atoms with van der Waals surface area (Å²) in [6.45, 7) is 2.87. The van der Waals surface area contributed by atoms with E-state index in [4.69, 9.17) is 0 Å². The van der Waals surface area contributed by atoms with E-state index in [1.165, 1.54) is 0 Å². The molecule has 4 nitrogen and oxygen atoms in total. The molecule has 0 bridgehead atoms. The normalized spacial score (nSPS) is 10.9. The van der Waals surface area contributed by atoms with E-state index in [2.05, 4.69) is 122 Å². The lowest BCUT2D eigenvalue weighted by molar-refractivity contribution is 0.862. The van der Waals surface area contributed by atoms with Crippen LogP contribution in [0.4, 0.5) is 17.1 Å². The molecule has 0 amide bonds. The molecule has 0 aliphatic rings. The maximum Gasteiger partial charge on any atom is 0.0850 e. The molecular formula is C16H22N4S8. The number of anilines is 3. The third-order valence-corrected chi connectivity index (χ3v) is 8.51. The minimum Gasteiger partial charge on any atom is -0.371 e. The first-order chi connectivity index (χ1) is 13.1. The number of hydrogen-bond donors (Lipinski definition) is 12. The van der Waals surface area contributed by atoms with Crippen LogP contribution in [0.2, 0.25) is 0 Å². The summed E-state index contributed by atoms with van der Waals surface area (Å²) in [5.41, 5.74) is 3.16. The Morgan fingerprint density at radius 1 is 0.500 bits per heavy atom. The molecule has 2 aromatic rings. The maximum atomic E-state index is 4.60. The lowest BCUT2D eigenvalue weighted by atomic mass is 10.2. The van der Waals surface area contributed by atoms with Gasteiger partial charge in [0.2, 0.25) is 0 Å². The van der Waals surface area contributed by atoms with Crippen molar-refractivity contribution in [3.63, 3.8) is 0 Å². The Morgan fingerprint density at radius 2 is 0.786 bits per heavy atom. The van der Waals surface area contributed by atoms with Crippen molar-refractivity contribution in [3.8, 4) is 0 Å². The molecule has 0 atom stereocenters. The summed E-state index contributed by atoms with van der Waals surface area (Å²) in [6, 6.07) is 0. The van der Waals surface area contributed by atoms with Gasteiger partial charge in [0, 0.05) is 39.2 Å². The molecular weight excluding hydrogens is 505 g/mol. The molecule has 2 rings (SSSR count). The van der Waals surface area contributed by atoms with Crippen molar-refractivity contribution in [1.29, 1.82) is 0 Å². The third-order valence-electron chi connectivity index (χ3n) is 4.00. The van der Waals surface area contributed by atoms with Gasteiger partial charge in [0.25, 0.3) is 0 Å². The van der Waals surface area contributed by atoms with Crippen LogP contribution in [-0.2, 0) is 0 Å². The van der Waals surface area contributed by atoms with Gasteiger partial charge >= 0.3 is 0 Å². The summed E-state index contributed by atoms with van der Waals surface area (Å²) in [7, 11) is 1.84. The van der Waals surface area contributed by atoms with E-state index >= 15 is 0 Å². The van der Waals surface area contributed by atoms with Crippen molar-refractivity contribution in [2.75, 3.05) is 36.3 Å². The van der Waals surface area contributed by atoms with Crippen LogP contribution in [0.1, 0.15) is 5.56 Å². The van der Waals surface area contributed by atoms with Crippen LogP contribution in [0.3, 0.4) is 0 Å². The Hall–Kier alpha value is 0.600. The summed E-state index contributed by atoms with van der Waals surface area (Å²) in [4.78, 5) is 5.62. The Bertz CT molecular complexity index is 845. The van der Waals surface area contributed by atoms with Crippen molar-refractivity contribution in [2.45, 2.75) is 46.1 Å². The van der Waals surface area contributed by atoms with Crippen molar-refractivity contribution in [1.82, 2.24) is 5.32 Å². The molecule has 0 saturated carbocycles. The largest absolute Gasteiger partial charge is 0.371 e. The van der Waals surface area contributed by atoms with E-state index < -0.39 is 0 Å². The monoisotopic (exact) mass is 526 g/mol. The van der Waals surface area contributed by atoms with Gasteiger partial charge in [0.05, 0.1) is 30.4 Å². The molecule has 0 unspecified atom stereocenters. The molecule has 2 aromatic carbocycles. The highest BCUT2D eigenvalue weighted by molar-refractivity contribution is 7.85. The zero-order valence-electron chi connectivity index (χ0n) is 15.0. The highest BCUT2D eigenvalue weighted by Crippen LogP contribution is 2.44. The lowest BCUT2D eigenvalue weighted by Gasteiger charge is -2.22. The molecule has 0 aliphatic heterocycles. The minimum atomic E-state index is 0.370. The van der Waals surface area contributed by atoms with Gasteiger partial charge in [-0.05, 0) is 19.5 Å². The molecule has 0 spiro atoms. The Kier molecular flexibility index (Phi) is 9.56. The number of hydrogen-bond acceptors (Lipinski definition) is 12. The second kappa shape index (κ2) is 10.8. The number of rotatable bonds is 7. The second-order valence-corrected chi connectivity index (χ2v) is 9.35. The van der Waals surface area contributed by atoms with E-state index in [-0.39, 0.29) is 0 Å². The molecule has 12 heteroatoms. The number of thiol groups is 8. The third kappa shape index (κ3) is 5.08. The molecule has 0 heterocycles. The van der Waals surface area contributed by atoms with Crippen LogP contribution in [0.25, 0.3) is 0 Å². The average molecular weight is 527 g/mol. The van der Waals surface area contributed by atoms with Crippen LogP contribution in [0, 0.1) is 6.92 Å². The standard InChI is InChI=1S/C16H22N4S8/c1-5-9(21)11(23)6(12(24)10(5)22)19-4-20-8-15(27)13(25)7(18-3-17-2)14(26)16(8)28/h17-28H,3-4H2,1-2H3. The van der Waals surface area contributed by atoms with Gasteiger partial charge in [-0.15, -0.1) is 101 Å². The van der Waals surface area contributed by atoms with Crippen LogP contribution in [0.5, 0.6) is 0 Å². The molecule has 0 saturated heterocycles. The molecule has 0 radical (unpaired) electrons. The fourth-order valence-corrected chi connectivity index (χ4v) is 5.14. The first-order valence-corrected chi connectivity index (χ1v) is 11.5. The first-order valence-electron chi connectivity index (χ1n) is 7.95. The predicted octanol–water partition coefficient (Wildman–Crippen LogP) is 5.37. The topological polar surface area (TPSA) is 48.1 Å². The zero-order valence-corrected chi connectivity index (χ0v) is 22.1. The van der Waals surface area contributed by atoms with E-state index in [1.807, 2.05) is 14.0 Å². The fraction of sp³-hybridized carbons (Fsp3) is 0.250. The van der Waals surface area contributed by atoms with Crippen LogP contribution >= 0.6 is 101 Å². The predicted molar refractivity (Wildman–Crippen MR) is 145 cm³/mol. The Balaban J connectivity index is 2.27. The smallest absolute Gasteiger partial charge is 0.0850 e. The van der Waals surface area contributed by atoms with Gasteiger partial charge in [-0.1, -0.05) is 0 Å². The minimum absolute atomic E-state index is 0.370. The summed E-state index contributed by atoms with van der Waals surface area (Å²) >= 11 is 36.5. The Labute approximate surface area is 209 Å². The quantitative estimate of drug-likeness (QED) is 0.177. The van der Waals surface area contributed by atoms with Gasteiger partial charge in [0.1, 0.15) is 0 Å². The molecule has 28 heavy (non-hydrogen) atoms. The van der Waals surface area contributed by atoms with E-state index in [0.717, 1.165) is 32.4 Å². The summed E-state index contributed by atoms with van der Waals surface area (Å²) in [5, 5.41) is 12.8. The van der Waals surface area contributed by atoms with Gasteiger partial charge in [-0.3, -0.25) is 0 Å². The highest BCUT2D eigenvalue weighted by Gasteiger charge is 2.18. The molecule has 0 aromatic heterocycles.